The number of hydrogen-bond acceptors (Lipinski definition) is 3. The Labute approximate surface area is 109 Å². The first kappa shape index (κ1) is 15.2. The van der Waals surface area contributed by atoms with Gasteiger partial charge in [0.25, 0.3) is 0 Å². The molecule has 0 bridgehead atoms. The van der Waals surface area contributed by atoms with Gasteiger partial charge in [-0.05, 0) is 25.7 Å². The second-order valence-corrected chi connectivity index (χ2v) is 5.69. The fraction of sp³-hybridized carbons (Fsp3) is 0.923. The topological polar surface area (TPSA) is 61.8 Å². The molecule has 0 saturated carbocycles. The molecule has 0 aliphatic carbocycles. The lowest BCUT2D eigenvalue weighted by atomic mass is 9.95. The summed E-state index contributed by atoms with van der Waals surface area (Å²) >= 11 is 0. The molecule has 0 aromatic rings. The summed E-state index contributed by atoms with van der Waals surface area (Å²) in [5, 5.41) is 13.0. The molecule has 0 aromatic heterocycles. The van der Waals surface area contributed by atoms with Crippen molar-refractivity contribution in [1.29, 1.82) is 0 Å². The molecule has 0 spiro atoms. The Kier molecular flexibility index (Phi) is 5.88. The molecule has 2 N–H and O–H groups in total. The van der Waals surface area contributed by atoms with Crippen LogP contribution in [0.2, 0.25) is 0 Å². The van der Waals surface area contributed by atoms with Gasteiger partial charge >= 0.3 is 6.03 Å². The SMILES string of the molecule is CC(C)CCC(C)(O)CNC(=O)N1CCOCC1. The number of amides is 2. The van der Waals surface area contributed by atoms with Crippen LogP contribution in [-0.4, -0.2) is 54.5 Å². The number of rotatable bonds is 5. The van der Waals surface area contributed by atoms with E-state index in [9.17, 15) is 9.90 Å². The second kappa shape index (κ2) is 6.95. The molecule has 1 rings (SSSR count). The van der Waals surface area contributed by atoms with Crippen LogP contribution in [0.15, 0.2) is 0 Å². The van der Waals surface area contributed by atoms with Gasteiger partial charge in [-0.3, -0.25) is 0 Å². The maximum atomic E-state index is 11.8. The molecule has 2 amide bonds. The summed E-state index contributed by atoms with van der Waals surface area (Å²) in [4.78, 5) is 13.6. The van der Waals surface area contributed by atoms with E-state index in [0.29, 0.717) is 45.2 Å². The molecule has 1 aliphatic heterocycles. The number of carbonyl (C=O) groups is 1. The van der Waals surface area contributed by atoms with Crippen molar-refractivity contribution in [3.05, 3.63) is 0 Å². The van der Waals surface area contributed by atoms with Crippen molar-refractivity contribution in [3.63, 3.8) is 0 Å². The number of carbonyl (C=O) groups excluding carboxylic acids is 1. The van der Waals surface area contributed by atoms with Crippen molar-refractivity contribution in [3.8, 4) is 0 Å². The summed E-state index contributed by atoms with van der Waals surface area (Å²) in [7, 11) is 0. The number of morpholine rings is 1. The van der Waals surface area contributed by atoms with Crippen LogP contribution in [0.4, 0.5) is 4.79 Å². The lowest BCUT2D eigenvalue weighted by Gasteiger charge is -2.30. The fourth-order valence-corrected chi connectivity index (χ4v) is 1.83. The molecule has 106 valence electrons. The van der Waals surface area contributed by atoms with Gasteiger partial charge in [-0.15, -0.1) is 0 Å². The number of urea groups is 1. The van der Waals surface area contributed by atoms with Crippen LogP contribution in [0.1, 0.15) is 33.6 Å². The first-order valence-corrected chi connectivity index (χ1v) is 6.73. The lowest BCUT2D eigenvalue weighted by molar-refractivity contribution is 0.0370. The van der Waals surface area contributed by atoms with E-state index in [1.54, 1.807) is 11.8 Å². The molecular weight excluding hydrogens is 232 g/mol. The van der Waals surface area contributed by atoms with Crippen LogP contribution in [0.5, 0.6) is 0 Å². The van der Waals surface area contributed by atoms with E-state index in [1.807, 2.05) is 0 Å². The number of aliphatic hydroxyl groups is 1. The molecule has 5 heteroatoms. The number of ether oxygens (including phenoxy) is 1. The van der Waals surface area contributed by atoms with Crippen molar-refractivity contribution >= 4 is 6.03 Å². The van der Waals surface area contributed by atoms with Crippen molar-refractivity contribution < 1.29 is 14.6 Å². The van der Waals surface area contributed by atoms with Crippen molar-refractivity contribution in [1.82, 2.24) is 10.2 Å². The summed E-state index contributed by atoms with van der Waals surface area (Å²) in [5.74, 6) is 0.561. The third-order valence-electron chi connectivity index (χ3n) is 3.18. The second-order valence-electron chi connectivity index (χ2n) is 5.69. The predicted octanol–water partition coefficient (Wildman–Crippen LogP) is 1.22. The van der Waals surface area contributed by atoms with Crippen molar-refractivity contribution in [2.45, 2.75) is 39.2 Å². The van der Waals surface area contributed by atoms with E-state index in [-0.39, 0.29) is 6.03 Å². The van der Waals surface area contributed by atoms with E-state index < -0.39 is 5.60 Å². The Hall–Kier alpha value is -0.810. The van der Waals surface area contributed by atoms with Crippen LogP contribution in [-0.2, 0) is 4.74 Å². The normalized spacial score (nSPS) is 19.7. The first-order valence-electron chi connectivity index (χ1n) is 6.73. The summed E-state index contributed by atoms with van der Waals surface area (Å²) in [6.45, 7) is 8.77. The maximum Gasteiger partial charge on any atom is 0.317 e. The van der Waals surface area contributed by atoms with Crippen LogP contribution in [0.25, 0.3) is 0 Å². The molecule has 1 fully saturated rings. The van der Waals surface area contributed by atoms with E-state index in [4.69, 9.17) is 4.74 Å². The van der Waals surface area contributed by atoms with Gasteiger partial charge in [0.1, 0.15) is 0 Å². The zero-order valence-corrected chi connectivity index (χ0v) is 11.7. The Morgan fingerprint density at radius 3 is 2.61 bits per heavy atom. The Morgan fingerprint density at radius 2 is 2.06 bits per heavy atom. The Balaban J connectivity index is 2.27. The highest BCUT2D eigenvalue weighted by Crippen LogP contribution is 2.15. The zero-order valence-electron chi connectivity index (χ0n) is 11.7. The van der Waals surface area contributed by atoms with Crippen LogP contribution in [0.3, 0.4) is 0 Å². The van der Waals surface area contributed by atoms with Gasteiger partial charge in [0.15, 0.2) is 0 Å². The van der Waals surface area contributed by atoms with E-state index >= 15 is 0 Å². The number of nitrogens with one attached hydrogen (secondary N) is 1. The molecule has 1 atom stereocenters. The van der Waals surface area contributed by atoms with Gasteiger partial charge in [-0.25, -0.2) is 4.79 Å². The number of nitrogens with zero attached hydrogens (tertiary/aromatic N) is 1. The lowest BCUT2D eigenvalue weighted by Crippen LogP contribution is -2.50. The molecule has 5 nitrogen and oxygen atoms in total. The summed E-state index contributed by atoms with van der Waals surface area (Å²) in [6, 6.07) is -0.108. The van der Waals surface area contributed by atoms with Crippen LogP contribution < -0.4 is 5.32 Å². The zero-order chi connectivity index (χ0) is 13.6. The third kappa shape index (κ3) is 5.69. The van der Waals surface area contributed by atoms with Gasteiger partial charge in [0, 0.05) is 19.6 Å². The number of hydrogen-bond donors (Lipinski definition) is 2. The van der Waals surface area contributed by atoms with Crippen LogP contribution in [0, 0.1) is 5.92 Å². The van der Waals surface area contributed by atoms with Gasteiger partial charge in [-0.2, -0.15) is 0 Å². The summed E-state index contributed by atoms with van der Waals surface area (Å²) < 4.78 is 5.19. The van der Waals surface area contributed by atoms with E-state index in [1.165, 1.54) is 0 Å². The molecule has 1 saturated heterocycles. The summed E-state index contributed by atoms with van der Waals surface area (Å²) in [6.07, 6.45) is 1.66. The van der Waals surface area contributed by atoms with Crippen molar-refractivity contribution in [2.24, 2.45) is 5.92 Å². The standard InChI is InChI=1S/C13H26N2O3/c1-11(2)4-5-13(3,17)10-14-12(16)15-6-8-18-9-7-15/h11,17H,4-10H2,1-3H3,(H,14,16). The molecule has 0 aromatic carbocycles. The summed E-state index contributed by atoms with van der Waals surface area (Å²) in [5.41, 5.74) is -0.827. The van der Waals surface area contributed by atoms with Crippen molar-refractivity contribution in [2.75, 3.05) is 32.8 Å². The maximum absolute atomic E-state index is 11.8. The van der Waals surface area contributed by atoms with E-state index in [0.717, 1.165) is 6.42 Å². The third-order valence-corrected chi connectivity index (χ3v) is 3.18. The average Bonchev–Trinajstić information content (AvgIpc) is 2.35. The molecule has 0 radical (unpaired) electrons. The predicted molar refractivity (Wildman–Crippen MR) is 70.5 cm³/mol. The largest absolute Gasteiger partial charge is 0.388 e. The average molecular weight is 258 g/mol. The minimum atomic E-state index is -0.827. The van der Waals surface area contributed by atoms with E-state index in [2.05, 4.69) is 19.2 Å². The van der Waals surface area contributed by atoms with Crippen LogP contribution >= 0.6 is 0 Å². The van der Waals surface area contributed by atoms with Gasteiger partial charge < -0.3 is 20.1 Å². The van der Waals surface area contributed by atoms with Gasteiger partial charge in [0.05, 0.1) is 18.8 Å². The molecule has 1 heterocycles. The molecule has 1 aliphatic rings. The minimum Gasteiger partial charge on any atom is -0.388 e. The van der Waals surface area contributed by atoms with Gasteiger partial charge in [-0.1, -0.05) is 13.8 Å². The highest BCUT2D eigenvalue weighted by Gasteiger charge is 2.23. The Bertz CT molecular complexity index is 261. The first-order chi connectivity index (χ1) is 8.41. The Morgan fingerprint density at radius 1 is 1.44 bits per heavy atom. The fourth-order valence-electron chi connectivity index (χ4n) is 1.83. The highest BCUT2D eigenvalue weighted by molar-refractivity contribution is 5.74. The highest BCUT2D eigenvalue weighted by atomic mass is 16.5. The molecule has 18 heavy (non-hydrogen) atoms. The minimum absolute atomic E-state index is 0.108. The molecular formula is C13H26N2O3. The monoisotopic (exact) mass is 258 g/mol. The molecule has 1 unspecified atom stereocenters. The quantitative estimate of drug-likeness (QED) is 0.779. The van der Waals surface area contributed by atoms with Gasteiger partial charge in [0.2, 0.25) is 0 Å². The smallest absolute Gasteiger partial charge is 0.317 e.